The summed E-state index contributed by atoms with van der Waals surface area (Å²) in [6.07, 6.45) is 2.97. The summed E-state index contributed by atoms with van der Waals surface area (Å²) in [5.41, 5.74) is 2.10. The summed E-state index contributed by atoms with van der Waals surface area (Å²) in [4.78, 5) is 35.2. The standard InChI is InChI=1S/C26H29N5O2S/c1-2-3-7-13-31-25(33)22-11-10-20(19-23(22)28-26(31)34-18-12-27)24(32)30-16-14-29(15-17-30)21-8-5-4-6-9-21/h4-6,8-11,19H,2-3,7,13-18H2,1H3. The normalized spacial score (nSPS) is 13.8. The molecule has 0 bridgehead atoms. The molecule has 2 heterocycles. The molecule has 1 fully saturated rings. The second-order valence-corrected chi connectivity index (χ2v) is 9.29. The van der Waals surface area contributed by atoms with Crippen LogP contribution in [0.1, 0.15) is 36.5 Å². The molecule has 4 rings (SSSR count). The molecule has 0 radical (unpaired) electrons. The van der Waals surface area contributed by atoms with Gasteiger partial charge in [-0.15, -0.1) is 0 Å². The predicted octanol–water partition coefficient (Wildman–Crippen LogP) is 4.16. The number of para-hydroxylation sites is 1. The van der Waals surface area contributed by atoms with Gasteiger partial charge in [0, 0.05) is 44.0 Å². The summed E-state index contributed by atoms with van der Waals surface area (Å²) in [6, 6.07) is 17.5. The number of carbonyl (C=O) groups excluding carboxylic acids is 1. The highest BCUT2D eigenvalue weighted by Gasteiger charge is 2.23. The van der Waals surface area contributed by atoms with Crippen LogP contribution in [0.5, 0.6) is 0 Å². The largest absolute Gasteiger partial charge is 0.368 e. The number of hydrogen-bond donors (Lipinski definition) is 0. The molecule has 0 saturated carbocycles. The first-order valence-electron chi connectivity index (χ1n) is 11.8. The second-order valence-electron chi connectivity index (χ2n) is 8.35. The molecule has 7 nitrogen and oxygen atoms in total. The van der Waals surface area contributed by atoms with Crippen LogP contribution in [0.3, 0.4) is 0 Å². The number of thioether (sulfide) groups is 1. The van der Waals surface area contributed by atoms with E-state index in [-0.39, 0.29) is 17.2 Å². The number of unbranched alkanes of at least 4 members (excludes halogenated alkanes) is 2. The van der Waals surface area contributed by atoms with E-state index in [1.807, 2.05) is 23.1 Å². The molecule has 0 unspecified atom stereocenters. The minimum atomic E-state index is -0.114. The van der Waals surface area contributed by atoms with Gasteiger partial charge in [0.15, 0.2) is 5.16 Å². The number of nitriles is 1. The molecule has 3 aromatic rings. The fourth-order valence-electron chi connectivity index (χ4n) is 4.25. The molecule has 1 aliphatic heterocycles. The van der Waals surface area contributed by atoms with Crippen molar-refractivity contribution in [1.29, 1.82) is 5.26 Å². The Morgan fingerprint density at radius 1 is 1.09 bits per heavy atom. The van der Waals surface area contributed by atoms with E-state index in [0.29, 0.717) is 41.3 Å². The first kappa shape index (κ1) is 23.8. The molecule has 34 heavy (non-hydrogen) atoms. The molecule has 1 saturated heterocycles. The van der Waals surface area contributed by atoms with Crippen molar-refractivity contribution in [2.24, 2.45) is 0 Å². The number of hydrogen-bond acceptors (Lipinski definition) is 6. The van der Waals surface area contributed by atoms with Gasteiger partial charge in [0.25, 0.3) is 11.5 Å². The second kappa shape index (κ2) is 11.2. The molecule has 1 aliphatic rings. The van der Waals surface area contributed by atoms with Crippen LogP contribution >= 0.6 is 11.8 Å². The van der Waals surface area contributed by atoms with Crippen LogP contribution in [0.2, 0.25) is 0 Å². The van der Waals surface area contributed by atoms with Gasteiger partial charge in [0.1, 0.15) is 0 Å². The minimum Gasteiger partial charge on any atom is -0.368 e. The molecular weight excluding hydrogens is 446 g/mol. The van der Waals surface area contributed by atoms with E-state index in [0.717, 1.165) is 32.4 Å². The first-order chi connectivity index (χ1) is 16.6. The quantitative estimate of drug-likeness (QED) is 0.276. The van der Waals surface area contributed by atoms with E-state index in [9.17, 15) is 9.59 Å². The van der Waals surface area contributed by atoms with Crippen LogP contribution < -0.4 is 10.5 Å². The van der Waals surface area contributed by atoms with Crippen LogP contribution in [0.25, 0.3) is 10.9 Å². The molecule has 0 atom stereocenters. The fourth-order valence-corrected chi connectivity index (χ4v) is 4.93. The predicted molar refractivity (Wildman–Crippen MR) is 136 cm³/mol. The van der Waals surface area contributed by atoms with Crippen molar-refractivity contribution in [1.82, 2.24) is 14.5 Å². The van der Waals surface area contributed by atoms with Crippen LogP contribution in [0, 0.1) is 11.3 Å². The van der Waals surface area contributed by atoms with Crippen molar-refractivity contribution >= 4 is 34.3 Å². The average molecular weight is 476 g/mol. The number of rotatable bonds is 8. The Morgan fingerprint density at radius 2 is 1.85 bits per heavy atom. The Bertz CT molecular complexity index is 1240. The number of amides is 1. The van der Waals surface area contributed by atoms with E-state index in [2.05, 4.69) is 35.0 Å². The number of aromatic nitrogens is 2. The van der Waals surface area contributed by atoms with Crippen molar-refractivity contribution in [2.75, 3.05) is 36.8 Å². The highest BCUT2D eigenvalue weighted by molar-refractivity contribution is 7.99. The molecule has 1 amide bonds. The zero-order valence-corrected chi connectivity index (χ0v) is 20.3. The van der Waals surface area contributed by atoms with Gasteiger partial charge in [-0.1, -0.05) is 49.7 Å². The van der Waals surface area contributed by atoms with Gasteiger partial charge in [-0.25, -0.2) is 4.98 Å². The third-order valence-corrected chi connectivity index (χ3v) is 6.95. The van der Waals surface area contributed by atoms with E-state index >= 15 is 0 Å². The summed E-state index contributed by atoms with van der Waals surface area (Å²) < 4.78 is 1.67. The lowest BCUT2D eigenvalue weighted by atomic mass is 10.1. The van der Waals surface area contributed by atoms with Gasteiger partial charge in [0.05, 0.1) is 22.7 Å². The van der Waals surface area contributed by atoms with Crippen molar-refractivity contribution in [3.8, 4) is 6.07 Å². The average Bonchev–Trinajstić information content (AvgIpc) is 2.89. The number of anilines is 1. The fraction of sp³-hybridized carbons (Fsp3) is 0.385. The van der Waals surface area contributed by atoms with Crippen LogP contribution in [-0.4, -0.2) is 52.3 Å². The van der Waals surface area contributed by atoms with Gasteiger partial charge >= 0.3 is 0 Å². The van der Waals surface area contributed by atoms with Crippen molar-refractivity contribution < 1.29 is 4.79 Å². The molecule has 8 heteroatoms. The summed E-state index contributed by atoms with van der Waals surface area (Å²) in [5, 5.41) is 10.1. The van der Waals surface area contributed by atoms with E-state index in [1.165, 1.54) is 17.4 Å². The summed E-state index contributed by atoms with van der Waals surface area (Å²) in [6.45, 7) is 5.53. The number of carbonyl (C=O) groups is 1. The van der Waals surface area contributed by atoms with Crippen LogP contribution in [0.15, 0.2) is 58.5 Å². The third kappa shape index (κ3) is 5.26. The number of nitrogens with zero attached hydrogens (tertiary/aromatic N) is 5. The molecule has 0 spiro atoms. The Hall–Kier alpha value is -3.31. The Balaban J connectivity index is 1.55. The van der Waals surface area contributed by atoms with E-state index in [1.54, 1.807) is 22.8 Å². The lowest BCUT2D eigenvalue weighted by molar-refractivity contribution is 0.0747. The van der Waals surface area contributed by atoms with Gasteiger partial charge in [-0.05, 0) is 36.8 Å². The maximum absolute atomic E-state index is 13.2. The third-order valence-electron chi connectivity index (χ3n) is 6.11. The Morgan fingerprint density at radius 3 is 2.56 bits per heavy atom. The van der Waals surface area contributed by atoms with Crippen LogP contribution in [-0.2, 0) is 6.54 Å². The highest BCUT2D eigenvalue weighted by Crippen LogP contribution is 2.21. The smallest absolute Gasteiger partial charge is 0.262 e. The van der Waals surface area contributed by atoms with E-state index < -0.39 is 0 Å². The van der Waals surface area contributed by atoms with E-state index in [4.69, 9.17) is 5.26 Å². The molecular formula is C26H29N5O2S. The number of fused-ring (bicyclic) bond motifs is 1. The monoisotopic (exact) mass is 475 g/mol. The first-order valence-corrected chi connectivity index (χ1v) is 12.7. The number of benzene rings is 2. The highest BCUT2D eigenvalue weighted by atomic mass is 32.2. The minimum absolute atomic E-state index is 0.0465. The van der Waals surface area contributed by atoms with Crippen molar-refractivity contribution in [3.05, 3.63) is 64.4 Å². The zero-order chi connectivity index (χ0) is 23.9. The lowest BCUT2D eigenvalue weighted by Gasteiger charge is -2.36. The molecule has 0 N–H and O–H groups in total. The Labute approximate surface area is 204 Å². The number of piperazine rings is 1. The summed E-state index contributed by atoms with van der Waals surface area (Å²) in [7, 11) is 0. The molecule has 2 aromatic carbocycles. The summed E-state index contributed by atoms with van der Waals surface area (Å²) >= 11 is 1.26. The Kier molecular flexibility index (Phi) is 7.86. The summed E-state index contributed by atoms with van der Waals surface area (Å²) in [5.74, 6) is 0.172. The molecule has 0 aliphatic carbocycles. The van der Waals surface area contributed by atoms with Gasteiger partial charge in [0.2, 0.25) is 0 Å². The zero-order valence-electron chi connectivity index (χ0n) is 19.4. The molecule has 176 valence electrons. The van der Waals surface area contributed by atoms with Gasteiger partial charge in [-0.3, -0.25) is 14.2 Å². The van der Waals surface area contributed by atoms with Gasteiger partial charge < -0.3 is 9.80 Å². The lowest BCUT2D eigenvalue weighted by Crippen LogP contribution is -2.48. The van der Waals surface area contributed by atoms with Crippen molar-refractivity contribution in [2.45, 2.75) is 37.9 Å². The van der Waals surface area contributed by atoms with Gasteiger partial charge in [-0.2, -0.15) is 5.26 Å². The maximum atomic E-state index is 13.2. The van der Waals surface area contributed by atoms with Crippen LogP contribution in [0.4, 0.5) is 5.69 Å². The maximum Gasteiger partial charge on any atom is 0.262 e. The topological polar surface area (TPSA) is 82.2 Å². The SMILES string of the molecule is CCCCCn1c(SCC#N)nc2cc(C(=O)N3CCN(c4ccccc4)CC3)ccc2c1=O. The van der Waals surface area contributed by atoms with Crippen molar-refractivity contribution in [3.63, 3.8) is 0 Å². The molecule has 1 aromatic heterocycles.